The van der Waals surface area contributed by atoms with Crippen molar-refractivity contribution in [3.05, 3.63) is 132 Å². The van der Waals surface area contributed by atoms with E-state index in [0.29, 0.717) is 0 Å². The van der Waals surface area contributed by atoms with Gasteiger partial charge in [0.2, 0.25) is 0 Å². The minimum atomic E-state index is 0.00215. The Balaban J connectivity index is 1.30. The van der Waals surface area contributed by atoms with Crippen LogP contribution in [0.3, 0.4) is 0 Å². The van der Waals surface area contributed by atoms with Gasteiger partial charge in [0.25, 0.3) is 0 Å². The van der Waals surface area contributed by atoms with E-state index in [9.17, 15) is 0 Å². The quantitative estimate of drug-likeness (QED) is 0.170. The van der Waals surface area contributed by atoms with Gasteiger partial charge in [-0.1, -0.05) is 109 Å². The fraction of sp³-hybridized carbons (Fsp3) is 0.0270. The molecular weight excluding hydrogens is 547 g/mol. The lowest BCUT2D eigenvalue weighted by molar-refractivity contribution is 0.907. The first-order chi connectivity index (χ1) is 21.3. The zero-order valence-corrected chi connectivity index (χ0v) is 23.7. The Morgan fingerprint density at radius 3 is 2.00 bits per heavy atom. The van der Waals surface area contributed by atoms with Crippen LogP contribution in [0.5, 0.6) is 0 Å². The smallest absolute Gasteiger partial charge is 0.0972 e. The molecule has 9 rings (SSSR count). The molecule has 5 nitrogen and oxygen atoms in total. The molecule has 1 aliphatic heterocycles. The molecule has 7 aromatic rings. The number of pyridine rings is 3. The Morgan fingerprint density at radius 2 is 1.23 bits per heavy atom. The molecule has 6 heteroatoms. The summed E-state index contributed by atoms with van der Waals surface area (Å²) < 4.78 is 8.15. The maximum absolute atomic E-state index is 5.36. The number of hydrogen-bond donors (Lipinski definition) is 1. The molecule has 1 N–H and O–H groups in total. The Hall–Kier alpha value is -5.17. The average Bonchev–Trinajstić information content (AvgIpc) is 3.57. The SMILES string of the molecule is C1=Cc2c(-c3ccccc3)nc3c(-c4ccc5ccc6ccc(-c7ccccc7)nc6c5n4)cccc3c2C2NSN=C12. The monoisotopic (exact) mass is 569 g/mol. The average molecular weight is 570 g/mol. The molecule has 0 radical (unpaired) electrons. The van der Waals surface area contributed by atoms with Gasteiger partial charge in [0.1, 0.15) is 0 Å². The Bertz CT molecular complexity index is 2300. The number of rotatable bonds is 3. The highest BCUT2D eigenvalue weighted by Gasteiger charge is 2.31. The highest BCUT2D eigenvalue weighted by Crippen LogP contribution is 2.43. The van der Waals surface area contributed by atoms with Crippen molar-refractivity contribution in [2.45, 2.75) is 6.04 Å². The number of fused-ring (bicyclic) bond motifs is 8. The van der Waals surface area contributed by atoms with E-state index in [-0.39, 0.29) is 6.04 Å². The van der Waals surface area contributed by atoms with Crippen molar-refractivity contribution in [1.29, 1.82) is 0 Å². The zero-order valence-electron chi connectivity index (χ0n) is 22.9. The van der Waals surface area contributed by atoms with Crippen molar-refractivity contribution in [1.82, 2.24) is 19.7 Å². The first-order valence-corrected chi connectivity index (χ1v) is 15.0. The minimum absolute atomic E-state index is 0.00215. The number of aromatic nitrogens is 3. The van der Waals surface area contributed by atoms with E-state index in [1.54, 1.807) is 0 Å². The van der Waals surface area contributed by atoms with Gasteiger partial charge >= 0.3 is 0 Å². The van der Waals surface area contributed by atoms with Crippen molar-refractivity contribution in [3.63, 3.8) is 0 Å². The first-order valence-electron chi connectivity index (χ1n) is 14.3. The molecule has 0 amide bonds. The van der Waals surface area contributed by atoms with Crippen LogP contribution in [0.15, 0.2) is 126 Å². The van der Waals surface area contributed by atoms with Gasteiger partial charge < -0.3 is 0 Å². The third kappa shape index (κ3) is 3.91. The Morgan fingerprint density at radius 1 is 0.558 bits per heavy atom. The molecule has 0 spiro atoms. The molecule has 202 valence electrons. The molecule has 1 atom stereocenters. The summed E-state index contributed by atoms with van der Waals surface area (Å²) in [6.07, 6.45) is 4.27. The van der Waals surface area contributed by atoms with E-state index >= 15 is 0 Å². The second kappa shape index (κ2) is 9.70. The molecular formula is C37H23N5S. The molecule has 0 fully saturated rings. The summed E-state index contributed by atoms with van der Waals surface area (Å²) >= 11 is 1.40. The highest BCUT2D eigenvalue weighted by molar-refractivity contribution is 7.96. The predicted molar refractivity (Wildman–Crippen MR) is 179 cm³/mol. The highest BCUT2D eigenvalue weighted by atomic mass is 32.2. The van der Waals surface area contributed by atoms with E-state index < -0.39 is 0 Å². The van der Waals surface area contributed by atoms with Gasteiger partial charge in [-0.2, -0.15) is 0 Å². The minimum Gasteiger partial charge on any atom is -0.246 e. The number of nitrogens with one attached hydrogen (secondary N) is 1. The van der Waals surface area contributed by atoms with Crippen molar-refractivity contribution < 1.29 is 0 Å². The van der Waals surface area contributed by atoms with E-state index in [2.05, 4.69) is 112 Å². The predicted octanol–water partition coefficient (Wildman–Crippen LogP) is 9.01. The fourth-order valence-electron chi connectivity index (χ4n) is 6.26. The van der Waals surface area contributed by atoms with Crippen LogP contribution in [0.1, 0.15) is 17.2 Å². The van der Waals surface area contributed by atoms with Gasteiger partial charge in [0, 0.05) is 38.4 Å². The summed E-state index contributed by atoms with van der Waals surface area (Å²) in [6, 6.07) is 39.8. The molecule has 0 saturated carbocycles. The summed E-state index contributed by atoms with van der Waals surface area (Å²) in [4.78, 5) is 15.8. The maximum atomic E-state index is 5.36. The van der Waals surface area contributed by atoms with Gasteiger partial charge in [0.05, 0.1) is 57.5 Å². The summed E-state index contributed by atoms with van der Waals surface area (Å²) in [5.74, 6) is 0. The van der Waals surface area contributed by atoms with Crippen LogP contribution in [-0.4, -0.2) is 20.7 Å². The lowest BCUT2D eigenvalue weighted by Gasteiger charge is -2.24. The molecule has 0 bridgehead atoms. The van der Waals surface area contributed by atoms with Crippen LogP contribution in [0.4, 0.5) is 0 Å². The van der Waals surface area contributed by atoms with Crippen LogP contribution in [0, 0.1) is 0 Å². The maximum Gasteiger partial charge on any atom is 0.0972 e. The van der Waals surface area contributed by atoms with Crippen LogP contribution in [0.25, 0.3) is 72.6 Å². The number of benzene rings is 4. The summed E-state index contributed by atoms with van der Waals surface area (Å²) in [6.45, 7) is 0. The van der Waals surface area contributed by atoms with E-state index in [4.69, 9.17) is 15.0 Å². The standard InChI is InChI=1S/C37H23N5S/c1-3-8-22(9-4-1)29-19-16-24-14-15-25-17-20-30(39-35(25)34(24)38-29)26-12-7-13-27-32-28(18-21-31-37(32)42-43-41-31)33(40-36(26)27)23-10-5-2-6-11-23/h1-21,37,42H. The molecule has 3 aromatic heterocycles. The van der Waals surface area contributed by atoms with Crippen LogP contribution in [-0.2, 0) is 0 Å². The third-order valence-corrected chi connectivity index (χ3v) is 8.98. The molecule has 2 aliphatic rings. The molecule has 4 aromatic carbocycles. The van der Waals surface area contributed by atoms with Gasteiger partial charge in [-0.15, -0.1) is 0 Å². The summed E-state index contributed by atoms with van der Waals surface area (Å²) in [5.41, 5.74) is 12.0. The van der Waals surface area contributed by atoms with Crippen molar-refractivity contribution >= 4 is 56.6 Å². The van der Waals surface area contributed by atoms with Crippen LogP contribution < -0.4 is 4.72 Å². The lowest BCUT2D eigenvalue weighted by Crippen LogP contribution is -2.21. The second-order valence-electron chi connectivity index (χ2n) is 10.8. The van der Waals surface area contributed by atoms with Gasteiger partial charge in [0.15, 0.2) is 0 Å². The molecule has 43 heavy (non-hydrogen) atoms. The lowest BCUT2D eigenvalue weighted by atomic mass is 9.85. The van der Waals surface area contributed by atoms with Crippen molar-refractivity contribution in [3.8, 4) is 33.8 Å². The van der Waals surface area contributed by atoms with Crippen LogP contribution in [0.2, 0.25) is 0 Å². The Kier molecular flexibility index (Phi) is 5.51. The van der Waals surface area contributed by atoms with E-state index in [1.165, 1.54) is 17.7 Å². The number of nitrogens with zero attached hydrogens (tertiary/aromatic N) is 4. The number of para-hydroxylation sites is 1. The molecule has 4 heterocycles. The van der Waals surface area contributed by atoms with Gasteiger partial charge in [-0.3, -0.25) is 0 Å². The van der Waals surface area contributed by atoms with Gasteiger partial charge in [-0.25, -0.2) is 24.1 Å². The van der Waals surface area contributed by atoms with Crippen LogP contribution >= 0.6 is 12.1 Å². The summed E-state index contributed by atoms with van der Waals surface area (Å²) in [7, 11) is 0. The third-order valence-electron chi connectivity index (χ3n) is 8.33. The normalized spacial score (nSPS) is 15.5. The molecule has 0 saturated heterocycles. The molecule has 1 unspecified atom stereocenters. The largest absolute Gasteiger partial charge is 0.246 e. The second-order valence-corrected chi connectivity index (χ2v) is 11.4. The first kappa shape index (κ1) is 24.4. The van der Waals surface area contributed by atoms with Gasteiger partial charge in [-0.05, 0) is 23.8 Å². The van der Waals surface area contributed by atoms with E-state index in [1.807, 2.05) is 24.3 Å². The zero-order chi connectivity index (χ0) is 28.3. The fourth-order valence-corrected chi connectivity index (χ4v) is 6.93. The number of hydrogen-bond acceptors (Lipinski definition) is 6. The summed E-state index contributed by atoms with van der Waals surface area (Å²) in [5, 5.41) is 3.23. The van der Waals surface area contributed by atoms with E-state index in [0.717, 1.165) is 77.8 Å². The van der Waals surface area contributed by atoms with Crippen molar-refractivity contribution in [2.75, 3.05) is 0 Å². The molecule has 1 aliphatic carbocycles. The topological polar surface area (TPSA) is 63.1 Å². The van der Waals surface area contributed by atoms with Crippen molar-refractivity contribution in [2.24, 2.45) is 4.40 Å². The Labute approximate surface area is 252 Å².